The zero-order chi connectivity index (χ0) is 9.97. The van der Waals surface area contributed by atoms with Gasteiger partial charge in [0.1, 0.15) is 0 Å². The fourth-order valence-electron chi connectivity index (χ4n) is 1.23. The van der Waals surface area contributed by atoms with Gasteiger partial charge in [-0.3, -0.25) is 4.98 Å². The largest absolute Gasteiger partial charge is 0.487 e. The average molecular weight is 210 g/mol. The van der Waals surface area contributed by atoms with E-state index in [0.29, 0.717) is 6.10 Å². The van der Waals surface area contributed by atoms with Gasteiger partial charge in [-0.1, -0.05) is 0 Å². The third-order valence-electron chi connectivity index (χ3n) is 2.16. The molecule has 1 aromatic rings. The minimum absolute atomic E-state index is 0.426. The summed E-state index contributed by atoms with van der Waals surface area (Å²) >= 11 is 1.67. The van der Waals surface area contributed by atoms with E-state index in [2.05, 4.69) is 10.3 Å². The lowest BCUT2D eigenvalue weighted by Gasteiger charge is -2.13. The van der Waals surface area contributed by atoms with Crippen molar-refractivity contribution < 1.29 is 4.74 Å². The Balaban J connectivity index is 2.29. The summed E-state index contributed by atoms with van der Waals surface area (Å²) in [6.45, 7) is 0. The molecular formula is C10H14N2OS. The molecule has 4 heteroatoms. The number of nitrogens with one attached hydrogen (secondary N) is 1. The first kappa shape index (κ1) is 9.65. The fourth-order valence-corrected chi connectivity index (χ4v) is 1.74. The lowest BCUT2D eigenvalue weighted by atomic mass is 10.4. The Morgan fingerprint density at radius 1 is 1.50 bits per heavy atom. The van der Waals surface area contributed by atoms with Gasteiger partial charge < -0.3 is 10.1 Å². The van der Waals surface area contributed by atoms with Crippen LogP contribution in [0.2, 0.25) is 0 Å². The van der Waals surface area contributed by atoms with Crippen LogP contribution in [0.15, 0.2) is 17.3 Å². The number of rotatable bonds is 4. The van der Waals surface area contributed by atoms with E-state index in [1.54, 1.807) is 18.0 Å². The number of aromatic nitrogens is 1. The Morgan fingerprint density at radius 2 is 2.29 bits per heavy atom. The van der Waals surface area contributed by atoms with Crippen molar-refractivity contribution in [2.75, 3.05) is 18.6 Å². The van der Waals surface area contributed by atoms with Gasteiger partial charge in [-0.2, -0.15) is 0 Å². The first-order valence-electron chi connectivity index (χ1n) is 4.71. The molecule has 3 nitrogen and oxygen atoms in total. The van der Waals surface area contributed by atoms with Gasteiger partial charge in [0.25, 0.3) is 0 Å². The molecule has 1 fully saturated rings. The van der Waals surface area contributed by atoms with Crippen molar-refractivity contribution in [1.82, 2.24) is 4.98 Å². The molecule has 0 saturated heterocycles. The molecule has 1 saturated carbocycles. The van der Waals surface area contributed by atoms with Crippen LogP contribution in [0.5, 0.6) is 5.75 Å². The number of hydrogen-bond donors (Lipinski definition) is 1. The zero-order valence-electron chi connectivity index (χ0n) is 8.41. The Bertz CT molecular complexity index is 304. The van der Waals surface area contributed by atoms with Crippen LogP contribution in [-0.2, 0) is 0 Å². The quantitative estimate of drug-likeness (QED) is 0.774. The van der Waals surface area contributed by atoms with Crippen molar-refractivity contribution in [3.63, 3.8) is 0 Å². The Kier molecular flexibility index (Phi) is 2.82. The summed E-state index contributed by atoms with van der Waals surface area (Å²) in [5.41, 5.74) is 0.976. The number of hydrogen-bond acceptors (Lipinski definition) is 4. The summed E-state index contributed by atoms with van der Waals surface area (Å²) in [7, 11) is 1.89. The highest BCUT2D eigenvalue weighted by atomic mass is 32.2. The fraction of sp³-hybridized carbons (Fsp3) is 0.500. The van der Waals surface area contributed by atoms with Crippen LogP contribution >= 0.6 is 11.8 Å². The Labute approximate surface area is 88.3 Å². The van der Waals surface area contributed by atoms with E-state index in [0.717, 1.165) is 16.3 Å². The Morgan fingerprint density at radius 3 is 2.86 bits per heavy atom. The van der Waals surface area contributed by atoms with Gasteiger partial charge in [0.15, 0.2) is 5.75 Å². The summed E-state index contributed by atoms with van der Waals surface area (Å²) in [5, 5.41) is 3.10. The van der Waals surface area contributed by atoms with E-state index in [1.165, 1.54) is 12.8 Å². The molecule has 1 aliphatic rings. The molecule has 1 heterocycles. The van der Waals surface area contributed by atoms with Crippen molar-refractivity contribution in [2.24, 2.45) is 0 Å². The molecule has 0 bridgehead atoms. The molecule has 0 aromatic carbocycles. The maximum absolute atomic E-state index is 5.85. The van der Waals surface area contributed by atoms with Gasteiger partial charge >= 0.3 is 0 Å². The topological polar surface area (TPSA) is 34.2 Å². The summed E-state index contributed by atoms with van der Waals surface area (Å²) in [6.07, 6.45) is 8.48. The number of anilines is 1. The summed E-state index contributed by atoms with van der Waals surface area (Å²) in [5.74, 6) is 0.956. The SMILES string of the molecule is CNc1cncc(SC)c1OC1CC1. The third-order valence-corrected chi connectivity index (χ3v) is 2.89. The van der Waals surface area contributed by atoms with Crippen molar-refractivity contribution in [2.45, 2.75) is 23.8 Å². The predicted octanol–water partition coefficient (Wildman–Crippen LogP) is 2.39. The maximum Gasteiger partial charge on any atom is 0.159 e. The second-order valence-electron chi connectivity index (χ2n) is 3.29. The van der Waals surface area contributed by atoms with E-state index < -0.39 is 0 Å². The molecule has 0 unspecified atom stereocenters. The van der Waals surface area contributed by atoms with Gasteiger partial charge in [0, 0.05) is 13.2 Å². The van der Waals surface area contributed by atoms with E-state index in [1.807, 2.05) is 19.5 Å². The highest BCUT2D eigenvalue weighted by Gasteiger charge is 2.25. The number of pyridine rings is 1. The van der Waals surface area contributed by atoms with Crippen LogP contribution in [0.1, 0.15) is 12.8 Å². The number of ether oxygens (including phenoxy) is 1. The van der Waals surface area contributed by atoms with Gasteiger partial charge in [0.2, 0.25) is 0 Å². The molecule has 1 aliphatic carbocycles. The minimum Gasteiger partial charge on any atom is -0.487 e. The van der Waals surface area contributed by atoms with Gasteiger partial charge in [-0.15, -0.1) is 11.8 Å². The smallest absolute Gasteiger partial charge is 0.159 e. The van der Waals surface area contributed by atoms with Crippen molar-refractivity contribution in [1.29, 1.82) is 0 Å². The first-order valence-corrected chi connectivity index (χ1v) is 5.94. The number of nitrogens with zero attached hydrogens (tertiary/aromatic N) is 1. The van der Waals surface area contributed by atoms with Crippen LogP contribution in [0.25, 0.3) is 0 Å². The molecule has 14 heavy (non-hydrogen) atoms. The van der Waals surface area contributed by atoms with E-state index in [-0.39, 0.29) is 0 Å². The molecule has 0 aliphatic heterocycles. The van der Waals surface area contributed by atoms with Crippen LogP contribution in [-0.4, -0.2) is 24.4 Å². The van der Waals surface area contributed by atoms with Crippen LogP contribution in [0, 0.1) is 0 Å². The minimum atomic E-state index is 0.426. The first-order chi connectivity index (χ1) is 6.85. The van der Waals surface area contributed by atoms with Crippen LogP contribution in [0.3, 0.4) is 0 Å². The highest BCUT2D eigenvalue weighted by Crippen LogP contribution is 2.37. The average Bonchev–Trinajstić information content (AvgIpc) is 3.02. The molecule has 0 amide bonds. The highest BCUT2D eigenvalue weighted by molar-refractivity contribution is 7.98. The van der Waals surface area contributed by atoms with Gasteiger partial charge in [0.05, 0.1) is 22.9 Å². The van der Waals surface area contributed by atoms with E-state index in [9.17, 15) is 0 Å². The van der Waals surface area contributed by atoms with Crippen molar-refractivity contribution in [3.8, 4) is 5.75 Å². The van der Waals surface area contributed by atoms with Crippen LogP contribution < -0.4 is 10.1 Å². The summed E-state index contributed by atoms with van der Waals surface area (Å²) in [4.78, 5) is 5.25. The summed E-state index contributed by atoms with van der Waals surface area (Å²) < 4.78 is 5.85. The van der Waals surface area contributed by atoms with Gasteiger partial charge in [-0.25, -0.2) is 0 Å². The second kappa shape index (κ2) is 4.09. The second-order valence-corrected chi connectivity index (χ2v) is 4.13. The molecule has 1 aromatic heterocycles. The van der Waals surface area contributed by atoms with Crippen molar-refractivity contribution >= 4 is 17.4 Å². The molecule has 0 spiro atoms. The van der Waals surface area contributed by atoms with Crippen LogP contribution in [0.4, 0.5) is 5.69 Å². The van der Waals surface area contributed by atoms with E-state index >= 15 is 0 Å². The van der Waals surface area contributed by atoms with E-state index in [4.69, 9.17) is 4.74 Å². The monoisotopic (exact) mass is 210 g/mol. The molecule has 0 radical (unpaired) electrons. The zero-order valence-corrected chi connectivity index (χ0v) is 9.23. The Hall–Kier alpha value is -0.900. The predicted molar refractivity (Wildman–Crippen MR) is 59.2 cm³/mol. The lowest BCUT2D eigenvalue weighted by Crippen LogP contribution is -2.02. The van der Waals surface area contributed by atoms with Gasteiger partial charge in [-0.05, 0) is 19.1 Å². The third kappa shape index (κ3) is 1.95. The molecule has 76 valence electrons. The summed E-state index contributed by atoms with van der Waals surface area (Å²) in [6, 6.07) is 0. The van der Waals surface area contributed by atoms with Crippen molar-refractivity contribution in [3.05, 3.63) is 12.4 Å². The number of thioether (sulfide) groups is 1. The molecule has 2 rings (SSSR count). The normalized spacial score (nSPS) is 15.3. The lowest BCUT2D eigenvalue weighted by molar-refractivity contribution is 0.297. The molecule has 0 atom stereocenters. The molecule has 1 N–H and O–H groups in total. The maximum atomic E-state index is 5.85. The molecular weight excluding hydrogens is 196 g/mol. The standard InChI is InChI=1S/C10H14N2OS/c1-11-8-5-12-6-9(14-2)10(8)13-7-3-4-7/h5-7,11H,3-4H2,1-2H3.